The van der Waals surface area contributed by atoms with Crippen LogP contribution < -0.4 is 0 Å². The van der Waals surface area contributed by atoms with Crippen molar-refractivity contribution in [2.24, 2.45) is 17.8 Å². The number of nitrogens with zero attached hydrogens (tertiary/aromatic N) is 1. The molecule has 2 aliphatic carbocycles. The minimum atomic E-state index is 0.364. The zero-order chi connectivity index (χ0) is 10.1. The summed E-state index contributed by atoms with van der Waals surface area (Å²) in [7, 11) is 0. The van der Waals surface area contributed by atoms with Crippen LogP contribution in [0.3, 0.4) is 0 Å². The third-order valence-electron chi connectivity index (χ3n) is 3.74. The van der Waals surface area contributed by atoms with Crippen molar-refractivity contribution in [3.05, 3.63) is 0 Å². The number of rotatable bonds is 4. The van der Waals surface area contributed by atoms with Crippen molar-refractivity contribution in [3.8, 4) is 0 Å². The second-order valence-corrected chi connectivity index (χ2v) is 4.77. The predicted octanol–water partition coefficient (Wildman–Crippen LogP) is 2.12. The first-order valence-corrected chi connectivity index (χ1v) is 6.17. The van der Waals surface area contributed by atoms with Gasteiger partial charge in [-0.2, -0.15) is 0 Å². The fourth-order valence-corrected chi connectivity index (χ4v) is 3.13. The van der Waals surface area contributed by atoms with Gasteiger partial charge < -0.3 is 4.90 Å². The Morgan fingerprint density at radius 3 is 2.57 bits per heavy atom. The summed E-state index contributed by atoms with van der Waals surface area (Å²) in [4.78, 5) is 13.9. The van der Waals surface area contributed by atoms with Gasteiger partial charge >= 0.3 is 0 Å². The molecule has 3 heteroatoms. The Labute approximate surface area is 90.6 Å². The second-order valence-electron chi connectivity index (χ2n) is 4.39. The van der Waals surface area contributed by atoms with Gasteiger partial charge in [0.1, 0.15) is 0 Å². The fraction of sp³-hybridized carbons (Fsp3) is 0.909. The standard InChI is InChI=1S/C11H18ClNO/c1-2-13(7-6-12)11(14)10-8-4-3-5-9(8)10/h8-10H,2-7H2,1H3. The van der Waals surface area contributed by atoms with Crippen LogP contribution in [0.2, 0.25) is 0 Å². The van der Waals surface area contributed by atoms with Crippen molar-refractivity contribution in [3.63, 3.8) is 0 Å². The topological polar surface area (TPSA) is 20.3 Å². The molecule has 0 aliphatic heterocycles. The van der Waals surface area contributed by atoms with Crippen molar-refractivity contribution >= 4 is 17.5 Å². The Kier molecular flexibility index (Phi) is 3.01. The van der Waals surface area contributed by atoms with E-state index in [4.69, 9.17) is 11.6 Å². The zero-order valence-electron chi connectivity index (χ0n) is 8.71. The third-order valence-corrected chi connectivity index (χ3v) is 3.91. The summed E-state index contributed by atoms with van der Waals surface area (Å²) in [6, 6.07) is 0. The molecule has 80 valence electrons. The molecule has 0 saturated heterocycles. The zero-order valence-corrected chi connectivity index (χ0v) is 9.46. The third kappa shape index (κ3) is 1.65. The van der Waals surface area contributed by atoms with E-state index in [-0.39, 0.29) is 0 Å². The molecule has 2 saturated carbocycles. The van der Waals surface area contributed by atoms with Crippen LogP contribution in [0.15, 0.2) is 0 Å². The van der Waals surface area contributed by atoms with Crippen molar-refractivity contribution in [1.29, 1.82) is 0 Å². The number of carbonyl (C=O) groups is 1. The van der Waals surface area contributed by atoms with Crippen LogP contribution in [-0.4, -0.2) is 29.8 Å². The summed E-state index contributed by atoms with van der Waals surface area (Å²) >= 11 is 5.67. The Morgan fingerprint density at radius 2 is 2.07 bits per heavy atom. The van der Waals surface area contributed by atoms with Crippen molar-refractivity contribution in [2.45, 2.75) is 26.2 Å². The minimum absolute atomic E-state index is 0.364. The number of alkyl halides is 1. The van der Waals surface area contributed by atoms with Crippen molar-refractivity contribution in [2.75, 3.05) is 19.0 Å². The maximum Gasteiger partial charge on any atom is 0.226 e. The summed E-state index contributed by atoms with van der Waals surface area (Å²) in [5.41, 5.74) is 0. The molecule has 2 fully saturated rings. The van der Waals surface area contributed by atoms with Crippen molar-refractivity contribution < 1.29 is 4.79 Å². The molecular weight excluding hydrogens is 198 g/mol. The number of carbonyl (C=O) groups excluding carboxylic acids is 1. The Hall–Kier alpha value is -0.240. The minimum Gasteiger partial charge on any atom is -0.342 e. The molecule has 2 aliphatic rings. The molecule has 0 aromatic heterocycles. The molecule has 0 N–H and O–H groups in total. The van der Waals surface area contributed by atoms with Crippen LogP contribution in [0.25, 0.3) is 0 Å². The number of fused-ring (bicyclic) bond motifs is 1. The average molecular weight is 216 g/mol. The Morgan fingerprint density at radius 1 is 1.43 bits per heavy atom. The fourth-order valence-electron chi connectivity index (χ4n) is 2.92. The lowest BCUT2D eigenvalue weighted by Crippen LogP contribution is -2.34. The SMILES string of the molecule is CCN(CCCl)C(=O)C1C2CCCC21. The van der Waals surface area contributed by atoms with Crippen molar-refractivity contribution in [1.82, 2.24) is 4.90 Å². The van der Waals surface area contributed by atoms with E-state index >= 15 is 0 Å². The van der Waals surface area contributed by atoms with Crippen LogP contribution in [0.1, 0.15) is 26.2 Å². The van der Waals surface area contributed by atoms with E-state index in [1.165, 1.54) is 19.3 Å². The van der Waals surface area contributed by atoms with Gasteiger partial charge in [-0.1, -0.05) is 6.42 Å². The highest BCUT2D eigenvalue weighted by atomic mass is 35.5. The molecular formula is C11H18ClNO. The monoisotopic (exact) mass is 215 g/mol. The summed E-state index contributed by atoms with van der Waals surface area (Å²) in [6.45, 7) is 3.55. The first-order valence-electron chi connectivity index (χ1n) is 5.64. The summed E-state index contributed by atoms with van der Waals surface area (Å²) in [5, 5.41) is 0. The largest absolute Gasteiger partial charge is 0.342 e. The number of amides is 1. The molecule has 2 rings (SSSR count). The highest BCUT2D eigenvalue weighted by Crippen LogP contribution is 2.58. The van der Waals surface area contributed by atoms with E-state index in [9.17, 15) is 4.79 Å². The van der Waals surface area contributed by atoms with E-state index in [0.29, 0.717) is 24.2 Å². The molecule has 1 amide bonds. The molecule has 14 heavy (non-hydrogen) atoms. The van der Waals surface area contributed by atoms with Gasteiger partial charge in [0.05, 0.1) is 0 Å². The van der Waals surface area contributed by atoms with Crippen LogP contribution in [0.5, 0.6) is 0 Å². The quantitative estimate of drug-likeness (QED) is 0.658. The highest BCUT2D eigenvalue weighted by Gasteiger charge is 2.57. The van der Waals surface area contributed by atoms with Gasteiger partial charge in [-0.25, -0.2) is 0 Å². The summed E-state index contributed by atoms with van der Waals surface area (Å²) in [6.07, 6.45) is 3.89. The molecule has 0 spiro atoms. The molecule has 0 heterocycles. The first-order chi connectivity index (χ1) is 6.79. The lowest BCUT2D eigenvalue weighted by molar-refractivity contribution is -0.133. The Bertz CT molecular complexity index is 217. The Balaban J connectivity index is 1.88. The van der Waals surface area contributed by atoms with Gasteiger partial charge in [0.2, 0.25) is 5.91 Å². The molecule has 2 unspecified atom stereocenters. The number of hydrogen-bond donors (Lipinski definition) is 0. The lowest BCUT2D eigenvalue weighted by atomic mass is 10.1. The van der Waals surface area contributed by atoms with Gasteiger partial charge in [0.25, 0.3) is 0 Å². The summed E-state index contributed by atoms with van der Waals surface area (Å²) in [5.74, 6) is 2.75. The summed E-state index contributed by atoms with van der Waals surface area (Å²) < 4.78 is 0. The number of halogens is 1. The molecule has 0 radical (unpaired) electrons. The lowest BCUT2D eigenvalue weighted by Gasteiger charge is -2.20. The predicted molar refractivity (Wildman–Crippen MR) is 57.3 cm³/mol. The molecule has 2 atom stereocenters. The second kappa shape index (κ2) is 4.09. The first kappa shape index (κ1) is 10.3. The van der Waals surface area contributed by atoms with Gasteiger partial charge in [-0.3, -0.25) is 4.79 Å². The molecule has 0 aromatic carbocycles. The van der Waals surface area contributed by atoms with E-state index < -0.39 is 0 Å². The van der Waals surface area contributed by atoms with Gasteiger partial charge in [0, 0.05) is 24.9 Å². The van der Waals surface area contributed by atoms with Crippen LogP contribution in [0.4, 0.5) is 0 Å². The van der Waals surface area contributed by atoms with Gasteiger partial charge in [0.15, 0.2) is 0 Å². The van der Waals surface area contributed by atoms with Crippen LogP contribution in [0, 0.1) is 17.8 Å². The smallest absolute Gasteiger partial charge is 0.226 e. The van der Waals surface area contributed by atoms with Crippen LogP contribution in [-0.2, 0) is 4.79 Å². The molecule has 0 bridgehead atoms. The average Bonchev–Trinajstić information content (AvgIpc) is 2.67. The number of hydrogen-bond acceptors (Lipinski definition) is 1. The van der Waals surface area contributed by atoms with Crippen LogP contribution >= 0.6 is 11.6 Å². The maximum absolute atomic E-state index is 12.0. The van der Waals surface area contributed by atoms with Gasteiger partial charge in [-0.15, -0.1) is 11.6 Å². The van der Waals surface area contributed by atoms with E-state index in [0.717, 1.165) is 18.4 Å². The maximum atomic E-state index is 12.0. The van der Waals surface area contributed by atoms with Gasteiger partial charge in [-0.05, 0) is 31.6 Å². The van der Waals surface area contributed by atoms with E-state index in [2.05, 4.69) is 0 Å². The van der Waals surface area contributed by atoms with E-state index in [1.54, 1.807) is 0 Å². The normalized spacial score (nSPS) is 34.0. The highest BCUT2D eigenvalue weighted by molar-refractivity contribution is 6.18. The molecule has 0 aromatic rings. The molecule has 2 nitrogen and oxygen atoms in total. The van der Waals surface area contributed by atoms with E-state index in [1.807, 2.05) is 11.8 Å².